The minimum Gasteiger partial charge on any atom is -0.496 e. The summed E-state index contributed by atoms with van der Waals surface area (Å²) >= 11 is 0. The van der Waals surface area contributed by atoms with Crippen molar-refractivity contribution in [2.45, 2.75) is 0 Å². The van der Waals surface area contributed by atoms with E-state index in [0.29, 0.717) is 11.4 Å². The van der Waals surface area contributed by atoms with Gasteiger partial charge in [0, 0.05) is 11.1 Å². The van der Waals surface area contributed by atoms with E-state index >= 15 is 0 Å². The van der Waals surface area contributed by atoms with Crippen LogP contribution in [0, 0.1) is 0 Å². The summed E-state index contributed by atoms with van der Waals surface area (Å²) in [6, 6.07) is 4.82. The van der Waals surface area contributed by atoms with Crippen LogP contribution >= 0.6 is 0 Å². The van der Waals surface area contributed by atoms with Crippen molar-refractivity contribution in [2.75, 3.05) is 7.11 Å². The van der Waals surface area contributed by atoms with Crippen LogP contribution in [0.2, 0.25) is 0 Å². The molecular formula is C28H18N4O3. The largest absolute Gasteiger partial charge is 0.496 e. The zero-order valence-electron chi connectivity index (χ0n) is 18.6. The van der Waals surface area contributed by atoms with Gasteiger partial charge in [-0.25, -0.2) is 24.8 Å². The molecule has 5 aliphatic rings. The highest BCUT2D eigenvalue weighted by Gasteiger charge is 2.21. The van der Waals surface area contributed by atoms with Crippen LogP contribution in [0.5, 0.6) is 5.75 Å². The molecular weight excluding hydrogens is 440 g/mol. The van der Waals surface area contributed by atoms with Gasteiger partial charge in [-0.1, -0.05) is 0 Å². The topological polar surface area (TPSA) is 96.0 Å². The fourth-order valence-corrected chi connectivity index (χ4v) is 4.16. The number of allylic oxidation sites excluding steroid dienone is 12. The Hall–Kier alpha value is -4.91. The lowest BCUT2D eigenvalue weighted by Gasteiger charge is -2.11. The number of nitrogens with zero attached hydrogens (tertiary/aromatic N) is 4. The molecule has 1 aromatic rings. The van der Waals surface area contributed by atoms with Crippen molar-refractivity contribution >= 4 is 34.4 Å². The normalized spacial score (nSPS) is 19.3. The van der Waals surface area contributed by atoms with Gasteiger partial charge < -0.3 is 9.84 Å². The molecule has 1 N–H and O–H groups in total. The van der Waals surface area contributed by atoms with Gasteiger partial charge in [0.25, 0.3) is 0 Å². The molecule has 0 saturated heterocycles. The molecule has 0 atom stereocenters. The number of aromatic carboxylic acids is 1. The highest BCUT2D eigenvalue weighted by Crippen LogP contribution is 2.36. The van der Waals surface area contributed by atoms with E-state index in [1.54, 1.807) is 12.1 Å². The Bertz CT molecular complexity index is 1580. The van der Waals surface area contributed by atoms with Crippen LogP contribution in [0.3, 0.4) is 0 Å². The zero-order chi connectivity index (χ0) is 23.9. The van der Waals surface area contributed by atoms with E-state index in [4.69, 9.17) is 14.7 Å². The monoisotopic (exact) mass is 458 g/mol. The quantitative estimate of drug-likeness (QED) is 0.704. The molecule has 5 aliphatic heterocycles. The van der Waals surface area contributed by atoms with Gasteiger partial charge >= 0.3 is 5.97 Å². The van der Waals surface area contributed by atoms with Gasteiger partial charge in [-0.3, -0.25) is 0 Å². The molecule has 0 fully saturated rings. The summed E-state index contributed by atoms with van der Waals surface area (Å²) < 4.78 is 5.54. The summed E-state index contributed by atoms with van der Waals surface area (Å²) in [6.07, 6.45) is 21.3. The van der Waals surface area contributed by atoms with Crippen molar-refractivity contribution in [2.24, 2.45) is 20.0 Å². The van der Waals surface area contributed by atoms with Crippen molar-refractivity contribution in [3.63, 3.8) is 0 Å². The SMILES string of the molecule is COc1cc(C(=O)O)ccc1C1=CC2=NC1=CC1=NC(=CC3=NC(=CC4=NC(=C2)C=C4)C=C3)C=C1. The van der Waals surface area contributed by atoms with Crippen LogP contribution in [0.25, 0.3) is 5.57 Å². The molecule has 7 nitrogen and oxygen atoms in total. The third-order valence-corrected chi connectivity index (χ3v) is 5.78. The summed E-state index contributed by atoms with van der Waals surface area (Å²) in [5.74, 6) is -0.560. The smallest absolute Gasteiger partial charge is 0.335 e. The van der Waals surface area contributed by atoms with Crippen LogP contribution in [-0.4, -0.2) is 41.0 Å². The van der Waals surface area contributed by atoms with Crippen molar-refractivity contribution in [3.8, 4) is 5.75 Å². The average Bonchev–Trinajstić information content (AvgIpc) is 3.64. The second-order valence-electron chi connectivity index (χ2n) is 8.16. The molecule has 0 saturated carbocycles. The highest BCUT2D eigenvalue weighted by atomic mass is 16.5. The number of ether oxygens (including phenoxy) is 1. The van der Waals surface area contributed by atoms with Crippen molar-refractivity contribution in [1.82, 2.24) is 0 Å². The Morgan fingerprint density at radius 2 is 1.29 bits per heavy atom. The van der Waals surface area contributed by atoms with Gasteiger partial charge in [-0.05, 0) is 85.0 Å². The molecule has 0 unspecified atom stereocenters. The predicted molar refractivity (Wildman–Crippen MR) is 137 cm³/mol. The van der Waals surface area contributed by atoms with Crippen molar-refractivity contribution < 1.29 is 14.6 Å². The fourth-order valence-electron chi connectivity index (χ4n) is 4.16. The van der Waals surface area contributed by atoms with Gasteiger partial charge in [0.1, 0.15) is 5.75 Å². The van der Waals surface area contributed by atoms with Crippen molar-refractivity contribution in [3.05, 3.63) is 119 Å². The van der Waals surface area contributed by atoms with E-state index in [0.717, 1.165) is 51.1 Å². The number of carboxylic acid groups (broad SMARTS) is 1. The molecule has 0 spiro atoms. The summed E-state index contributed by atoms with van der Waals surface area (Å²) in [4.78, 5) is 30.3. The summed E-state index contributed by atoms with van der Waals surface area (Å²) in [5.41, 5.74) is 7.91. The van der Waals surface area contributed by atoms with Gasteiger partial charge in [0.2, 0.25) is 0 Å². The fraction of sp³-hybridized carbons (Fsp3) is 0.0357. The maximum absolute atomic E-state index is 11.5. The Morgan fingerprint density at radius 1 is 0.714 bits per heavy atom. The molecule has 0 aromatic heterocycles. The van der Waals surface area contributed by atoms with Crippen LogP contribution in [-0.2, 0) is 0 Å². The Labute approximate surface area is 201 Å². The maximum atomic E-state index is 11.5. The maximum Gasteiger partial charge on any atom is 0.335 e. The number of hydrogen-bond donors (Lipinski definition) is 1. The van der Waals surface area contributed by atoms with Gasteiger partial charge in [-0.15, -0.1) is 0 Å². The Kier molecular flexibility index (Phi) is 4.81. The summed E-state index contributed by atoms with van der Waals surface area (Å²) in [5, 5.41) is 9.38. The van der Waals surface area contributed by atoms with E-state index in [9.17, 15) is 9.90 Å². The molecule has 0 amide bonds. The number of aliphatic imine (C=N–C) groups is 4. The molecule has 6 rings (SSSR count). The number of carbonyl (C=O) groups is 1. The zero-order valence-corrected chi connectivity index (χ0v) is 18.6. The lowest BCUT2D eigenvalue weighted by atomic mass is 9.99. The van der Waals surface area contributed by atoms with Crippen LogP contribution in [0.15, 0.2) is 128 Å². The number of carboxylic acids is 1. The lowest BCUT2D eigenvalue weighted by molar-refractivity contribution is 0.0696. The summed E-state index contributed by atoms with van der Waals surface area (Å²) in [6.45, 7) is 0. The van der Waals surface area contributed by atoms with Crippen molar-refractivity contribution in [1.29, 1.82) is 0 Å². The van der Waals surface area contributed by atoms with Gasteiger partial charge in [0.15, 0.2) is 0 Å². The third-order valence-electron chi connectivity index (χ3n) is 5.78. The van der Waals surface area contributed by atoms with E-state index in [2.05, 4.69) is 9.98 Å². The molecule has 168 valence electrons. The first kappa shape index (κ1) is 20.7. The second-order valence-corrected chi connectivity index (χ2v) is 8.16. The number of benzene rings is 1. The number of hydrogen-bond acceptors (Lipinski definition) is 6. The first-order valence-corrected chi connectivity index (χ1v) is 10.9. The standard InChI is InChI=1S/C28H18N4O3/c1-35-27-10-16(28(33)34)2-9-24(27)25-14-23-13-21-6-5-19(30-21)11-17-3-4-18(29-17)12-20-7-8-22(31-20)15-26(25)32-23/h2-15H,1H3,(H,33,34). The minimum absolute atomic E-state index is 0.153. The van der Waals surface area contributed by atoms with Crippen LogP contribution in [0.1, 0.15) is 15.9 Å². The first-order chi connectivity index (χ1) is 17.0. The van der Waals surface area contributed by atoms with E-state index in [-0.39, 0.29) is 5.56 Å². The van der Waals surface area contributed by atoms with E-state index in [1.165, 1.54) is 13.2 Å². The third kappa shape index (κ3) is 4.00. The second kappa shape index (κ2) is 8.14. The number of methoxy groups -OCH3 is 1. The first-order valence-electron chi connectivity index (χ1n) is 10.9. The van der Waals surface area contributed by atoms with Crippen LogP contribution in [0.4, 0.5) is 0 Å². The highest BCUT2D eigenvalue weighted by molar-refractivity contribution is 6.19. The lowest BCUT2D eigenvalue weighted by Crippen LogP contribution is -2.00. The van der Waals surface area contributed by atoms with E-state index < -0.39 is 5.97 Å². The average molecular weight is 458 g/mol. The van der Waals surface area contributed by atoms with Gasteiger partial charge in [0.05, 0.1) is 58.3 Å². The predicted octanol–water partition coefficient (Wildman–Crippen LogP) is 4.81. The molecule has 35 heavy (non-hydrogen) atoms. The number of fused-ring (bicyclic) bond motifs is 4. The molecule has 5 heterocycles. The molecule has 7 heteroatoms. The Balaban J connectivity index is 1.50. The van der Waals surface area contributed by atoms with E-state index in [1.807, 2.05) is 66.8 Å². The van der Waals surface area contributed by atoms with Crippen LogP contribution < -0.4 is 4.74 Å². The van der Waals surface area contributed by atoms with Gasteiger partial charge in [-0.2, -0.15) is 0 Å². The number of rotatable bonds is 3. The molecule has 0 radical (unpaired) electrons. The Morgan fingerprint density at radius 3 is 1.86 bits per heavy atom. The molecule has 0 aliphatic carbocycles. The minimum atomic E-state index is -1.01. The molecule has 1 aromatic carbocycles. The summed E-state index contributed by atoms with van der Waals surface area (Å²) in [7, 11) is 1.52. The molecule has 8 bridgehead atoms.